The zero-order valence-corrected chi connectivity index (χ0v) is 21.2. The van der Waals surface area contributed by atoms with Crippen molar-refractivity contribution in [2.75, 3.05) is 6.61 Å². The van der Waals surface area contributed by atoms with E-state index in [4.69, 9.17) is 14.2 Å². The highest BCUT2D eigenvalue weighted by Gasteiger charge is 2.81. The number of Topliss-reactive ketones (excluding diaryl/α,β-unsaturated/α-hetero) is 1. The molecule has 34 heavy (non-hydrogen) atoms. The predicted molar refractivity (Wildman–Crippen MR) is 123 cm³/mol. The Kier molecular flexibility index (Phi) is 5.75. The molecule has 0 aromatic carbocycles. The van der Waals surface area contributed by atoms with Gasteiger partial charge in [-0.1, -0.05) is 26.8 Å². The average molecular weight is 481 g/mol. The van der Waals surface area contributed by atoms with Gasteiger partial charge in [0.1, 0.15) is 5.60 Å². The van der Waals surface area contributed by atoms with E-state index in [-0.39, 0.29) is 6.42 Å². The van der Waals surface area contributed by atoms with Gasteiger partial charge in [0.25, 0.3) is 0 Å². The molecule has 2 saturated heterocycles. The van der Waals surface area contributed by atoms with E-state index < -0.39 is 69.2 Å². The van der Waals surface area contributed by atoms with E-state index >= 15 is 0 Å². The molecule has 4 fully saturated rings. The minimum atomic E-state index is -2.23. The van der Waals surface area contributed by atoms with Crippen molar-refractivity contribution in [1.29, 1.82) is 0 Å². The van der Waals surface area contributed by atoms with Crippen molar-refractivity contribution >= 4 is 11.8 Å². The Balaban J connectivity index is 1.91. The largest absolute Gasteiger partial charge is 0.454 e. The molecular formula is C26H40O8. The smallest absolute Gasteiger partial charge is 0.338 e. The second-order valence-corrected chi connectivity index (χ2v) is 12.3. The van der Waals surface area contributed by atoms with Crippen LogP contribution in [0.5, 0.6) is 0 Å². The zero-order valence-electron chi connectivity index (χ0n) is 21.2. The number of ether oxygens (including phenoxy) is 3. The maximum absolute atomic E-state index is 13.9. The lowest BCUT2D eigenvalue weighted by Gasteiger charge is -2.71. The first kappa shape index (κ1) is 25.8. The fourth-order valence-electron chi connectivity index (χ4n) is 7.66. The Hall–Kier alpha value is -1.32. The Morgan fingerprint density at radius 3 is 2.35 bits per heavy atom. The van der Waals surface area contributed by atoms with Crippen LogP contribution in [0.4, 0.5) is 0 Å². The molecule has 4 aliphatic rings. The van der Waals surface area contributed by atoms with Crippen LogP contribution in [0.1, 0.15) is 73.6 Å². The van der Waals surface area contributed by atoms with Crippen LogP contribution in [0.3, 0.4) is 0 Å². The number of fused-ring (bicyclic) bond motifs is 3. The van der Waals surface area contributed by atoms with Crippen molar-refractivity contribution in [3.05, 3.63) is 12.7 Å². The number of esters is 1. The van der Waals surface area contributed by atoms with E-state index in [0.29, 0.717) is 32.3 Å². The van der Waals surface area contributed by atoms with Gasteiger partial charge in [0, 0.05) is 24.4 Å². The summed E-state index contributed by atoms with van der Waals surface area (Å²) in [4.78, 5) is 27.2. The first-order chi connectivity index (χ1) is 15.5. The molecule has 2 saturated carbocycles. The van der Waals surface area contributed by atoms with Crippen molar-refractivity contribution in [2.45, 2.75) is 114 Å². The molecule has 2 heterocycles. The number of hydrogen-bond acceptors (Lipinski definition) is 8. The molecule has 3 N–H and O–H groups in total. The number of aliphatic hydroxyl groups excluding tert-OH is 2. The second-order valence-electron chi connectivity index (χ2n) is 12.3. The van der Waals surface area contributed by atoms with Crippen molar-refractivity contribution in [3.63, 3.8) is 0 Å². The molecule has 4 rings (SSSR count). The Morgan fingerprint density at radius 2 is 1.79 bits per heavy atom. The molecule has 0 aromatic heterocycles. The molecule has 8 nitrogen and oxygen atoms in total. The highest BCUT2D eigenvalue weighted by atomic mass is 16.6. The predicted octanol–water partition coefficient (Wildman–Crippen LogP) is 2.07. The van der Waals surface area contributed by atoms with Gasteiger partial charge >= 0.3 is 5.97 Å². The van der Waals surface area contributed by atoms with Crippen molar-refractivity contribution in [3.8, 4) is 0 Å². The standard InChI is InChI=1S/C26H40O8/c1-8-22(4)14-16(28)26(31)24(6)15(27)10-12-21(2,3)18(24)17(29)19(25(26,7)34-22)33-20(30)23(5)11-9-13-32-23/h8,15,17-19,27,29,31H,1,9-14H2,2-7H3/t15-,17-,18-,19-,22-,23?,24-,25+,26-/m0/s1. The molecule has 2 aliphatic heterocycles. The average Bonchev–Trinajstić information content (AvgIpc) is 3.19. The minimum absolute atomic E-state index is 0.157. The molecule has 1 unspecified atom stereocenters. The first-order valence-corrected chi connectivity index (χ1v) is 12.3. The molecule has 8 heteroatoms. The fourth-order valence-corrected chi connectivity index (χ4v) is 7.66. The maximum Gasteiger partial charge on any atom is 0.338 e. The zero-order chi connectivity index (χ0) is 25.5. The number of carbonyl (C=O) groups is 2. The summed E-state index contributed by atoms with van der Waals surface area (Å²) in [6.07, 6.45) is -0.349. The Bertz CT molecular complexity index is 893. The van der Waals surface area contributed by atoms with E-state index in [9.17, 15) is 24.9 Å². The van der Waals surface area contributed by atoms with Crippen molar-refractivity contribution < 1.29 is 39.1 Å². The van der Waals surface area contributed by atoms with Gasteiger partial charge in [-0.2, -0.15) is 0 Å². The second kappa shape index (κ2) is 7.59. The van der Waals surface area contributed by atoms with Crippen molar-refractivity contribution in [1.82, 2.24) is 0 Å². The molecule has 0 spiro atoms. The molecule has 0 amide bonds. The van der Waals surface area contributed by atoms with Gasteiger partial charge in [-0.05, 0) is 51.9 Å². The number of rotatable bonds is 3. The maximum atomic E-state index is 13.9. The number of aliphatic hydroxyl groups is 3. The SMILES string of the molecule is C=C[C@@]1(C)CC(=O)[C@]2(O)[C@@]3(C)[C@@H](O)CCC(C)(C)[C@@H]3[C@H](O)[C@H](OC(=O)C3(C)CCCO3)[C@@]2(C)O1. The quantitative estimate of drug-likeness (QED) is 0.415. The van der Waals surface area contributed by atoms with Gasteiger partial charge in [-0.15, -0.1) is 6.58 Å². The first-order valence-electron chi connectivity index (χ1n) is 12.3. The molecule has 2 aliphatic carbocycles. The van der Waals surface area contributed by atoms with Gasteiger partial charge in [-0.3, -0.25) is 4.79 Å². The van der Waals surface area contributed by atoms with Gasteiger partial charge in [0.2, 0.25) is 0 Å². The highest BCUT2D eigenvalue weighted by Crippen LogP contribution is 2.67. The van der Waals surface area contributed by atoms with Gasteiger partial charge in [0.15, 0.2) is 23.1 Å². The summed E-state index contributed by atoms with van der Waals surface area (Å²) < 4.78 is 18.0. The lowest BCUT2D eigenvalue weighted by atomic mass is 9.40. The summed E-state index contributed by atoms with van der Waals surface area (Å²) >= 11 is 0. The summed E-state index contributed by atoms with van der Waals surface area (Å²) in [5.74, 6) is -1.95. The summed E-state index contributed by atoms with van der Waals surface area (Å²) in [5.41, 5.74) is -8.44. The number of hydrogen-bond donors (Lipinski definition) is 3. The lowest BCUT2D eigenvalue weighted by molar-refractivity contribution is -0.371. The minimum Gasteiger partial charge on any atom is -0.454 e. The normalized spacial score (nSPS) is 52.4. The topological polar surface area (TPSA) is 123 Å². The third-order valence-corrected chi connectivity index (χ3v) is 9.61. The van der Waals surface area contributed by atoms with Crippen LogP contribution in [0.2, 0.25) is 0 Å². The van der Waals surface area contributed by atoms with Crippen LogP contribution in [0.15, 0.2) is 12.7 Å². The number of ketones is 1. The van der Waals surface area contributed by atoms with Gasteiger partial charge in [-0.25, -0.2) is 4.79 Å². The molecule has 0 radical (unpaired) electrons. The Labute approximate surface area is 201 Å². The van der Waals surface area contributed by atoms with Crippen LogP contribution in [-0.4, -0.2) is 74.4 Å². The monoisotopic (exact) mass is 480 g/mol. The van der Waals surface area contributed by atoms with E-state index in [1.165, 1.54) is 13.0 Å². The summed E-state index contributed by atoms with van der Waals surface area (Å²) in [5, 5.41) is 35.6. The van der Waals surface area contributed by atoms with Crippen LogP contribution in [-0.2, 0) is 23.8 Å². The van der Waals surface area contributed by atoms with E-state index in [2.05, 4.69) is 6.58 Å². The summed E-state index contributed by atoms with van der Waals surface area (Å²) in [6, 6.07) is 0. The molecular weight excluding hydrogens is 440 g/mol. The van der Waals surface area contributed by atoms with Gasteiger partial charge < -0.3 is 29.5 Å². The summed E-state index contributed by atoms with van der Waals surface area (Å²) in [6.45, 7) is 14.6. The van der Waals surface area contributed by atoms with E-state index in [1.54, 1.807) is 20.8 Å². The van der Waals surface area contributed by atoms with Crippen LogP contribution in [0, 0.1) is 16.7 Å². The van der Waals surface area contributed by atoms with Crippen LogP contribution >= 0.6 is 0 Å². The molecule has 9 atom stereocenters. The van der Waals surface area contributed by atoms with E-state index in [0.717, 1.165) is 0 Å². The molecule has 0 aromatic rings. The third-order valence-electron chi connectivity index (χ3n) is 9.61. The van der Waals surface area contributed by atoms with Crippen LogP contribution in [0.25, 0.3) is 0 Å². The van der Waals surface area contributed by atoms with E-state index in [1.807, 2.05) is 13.8 Å². The third kappa shape index (κ3) is 3.08. The molecule has 192 valence electrons. The Morgan fingerprint density at radius 1 is 1.15 bits per heavy atom. The lowest BCUT2D eigenvalue weighted by Crippen LogP contribution is -2.86. The number of carbonyl (C=O) groups excluding carboxylic acids is 2. The van der Waals surface area contributed by atoms with Gasteiger partial charge in [0.05, 0.1) is 17.8 Å². The van der Waals surface area contributed by atoms with Crippen LogP contribution < -0.4 is 0 Å². The fraction of sp³-hybridized carbons (Fsp3) is 0.846. The molecule has 0 bridgehead atoms. The summed E-state index contributed by atoms with van der Waals surface area (Å²) in [7, 11) is 0. The highest BCUT2D eigenvalue weighted by molar-refractivity contribution is 5.92. The van der Waals surface area contributed by atoms with Crippen molar-refractivity contribution in [2.24, 2.45) is 16.7 Å².